The van der Waals surface area contributed by atoms with Crippen molar-refractivity contribution in [3.8, 4) is 0 Å². The lowest BCUT2D eigenvalue weighted by Gasteiger charge is -2.06. The summed E-state index contributed by atoms with van der Waals surface area (Å²) in [5, 5.41) is 17.9. The molecule has 2 N–H and O–H groups in total. The molecule has 0 aliphatic rings. The summed E-state index contributed by atoms with van der Waals surface area (Å²) < 4.78 is 0. The molecule has 0 saturated heterocycles. The quantitative estimate of drug-likeness (QED) is 0.535. The summed E-state index contributed by atoms with van der Waals surface area (Å²) in [7, 11) is 0. The van der Waals surface area contributed by atoms with Gasteiger partial charge in [0.25, 0.3) is 0 Å². The number of hydrogen-bond donors (Lipinski definition) is 2. The number of hydrogen-bond acceptors (Lipinski definition) is 2. The van der Waals surface area contributed by atoms with E-state index in [1.54, 1.807) is 0 Å². The Morgan fingerprint density at radius 1 is 0.857 bits per heavy atom. The van der Waals surface area contributed by atoms with Crippen molar-refractivity contribution < 1.29 is 10.2 Å². The summed E-state index contributed by atoms with van der Waals surface area (Å²) in [6.45, 7) is 2.36. The van der Waals surface area contributed by atoms with Gasteiger partial charge in [-0.05, 0) is 19.3 Å². The first-order valence-electron chi connectivity index (χ1n) is 6.10. The zero-order valence-corrected chi connectivity index (χ0v) is 9.54. The van der Waals surface area contributed by atoms with Crippen LogP contribution in [0.25, 0.3) is 0 Å². The molecule has 0 spiro atoms. The van der Waals surface area contributed by atoms with Crippen LogP contribution in [0.15, 0.2) is 0 Å². The first-order valence-corrected chi connectivity index (χ1v) is 6.10. The molecule has 0 radical (unpaired) electrons. The van der Waals surface area contributed by atoms with E-state index in [-0.39, 0.29) is 6.10 Å². The summed E-state index contributed by atoms with van der Waals surface area (Å²) in [6, 6.07) is 0. The van der Waals surface area contributed by atoms with E-state index in [1.807, 2.05) is 6.92 Å². The second kappa shape index (κ2) is 11.0. The molecule has 2 nitrogen and oxygen atoms in total. The summed E-state index contributed by atoms with van der Waals surface area (Å²) in [5.41, 5.74) is 0. The zero-order valence-electron chi connectivity index (χ0n) is 9.54. The first-order chi connectivity index (χ1) is 6.81. The molecule has 1 atom stereocenters. The minimum absolute atomic E-state index is 0.0793. The summed E-state index contributed by atoms with van der Waals surface area (Å²) in [5.74, 6) is 0. The largest absolute Gasteiger partial charge is 0.396 e. The minimum Gasteiger partial charge on any atom is -0.396 e. The minimum atomic E-state index is -0.0793. The van der Waals surface area contributed by atoms with E-state index < -0.39 is 0 Å². The lowest BCUT2D eigenvalue weighted by atomic mass is 10.1. The number of unbranched alkanes of at least 4 members (excludes halogenated alkanes) is 6. The second-order valence-electron chi connectivity index (χ2n) is 4.05. The molecular weight excluding hydrogens is 176 g/mol. The van der Waals surface area contributed by atoms with Crippen molar-refractivity contribution in [2.24, 2.45) is 0 Å². The predicted octanol–water partition coefficient (Wildman–Crippen LogP) is 2.87. The number of aliphatic hydroxyl groups excluding tert-OH is 2. The molecule has 0 aliphatic heterocycles. The standard InChI is InChI=1S/C12H26O2/c1-2-12(14)10-8-6-4-3-5-7-9-11-13/h12-14H,2-11H2,1H3. The highest BCUT2D eigenvalue weighted by molar-refractivity contribution is 4.53. The third-order valence-corrected chi connectivity index (χ3v) is 2.67. The Morgan fingerprint density at radius 3 is 1.86 bits per heavy atom. The molecule has 0 saturated carbocycles. The zero-order chi connectivity index (χ0) is 10.6. The average molecular weight is 202 g/mol. The Kier molecular flexibility index (Phi) is 10.9. The van der Waals surface area contributed by atoms with Crippen LogP contribution in [-0.4, -0.2) is 22.9 Å². The van der Waals surface area contributed by atoms with Crippen LogP contribution in [0, 0.1) is 0 Å². The van der Waals surface area contributed by atoms with Gasteiger partial charge >= 0.3 is 0 Å². The fourth-order valence-corrected chi connectivity index (χ4v) is 1.58. The maximum absolute atomic E-state index is 9.30. The molecule has 14 heavy (non-hydrogen) atoms. The van der Waals surface area contributed by atoms with Gasteiger partial charge in [-0.3, -0.25) is 0 Å². The molecule has 0 aromatic carbocycles. The van der Waals surface area contributed by atoms with Crippen LogP contribution in [0.1, 0.15) is 64.7 Å². The summed E-state index contributed by atoms with van der Waals surface area (Å²) in [4.78, 5) is 0. The molecule has 0 fully saturated rings. The normalized spacial score (nSPS) is 13.1. The third-order valence-electron chi connectivity index (χ3n) is 2.67. The van der Waals surface area contributed by atoms with Gasteiger partial charge < -0.3 is 10.2 Å². The Morgan fingerprint density at radius 2 is 1.36 bits per heavy atom. The maximum atomic E-state index is 9.30. The van der Waals surface area contributed by atoms with Gasteiger partial charge in [-0.2, -0.15) is 0 Å². The third kappa shape index (κ3) is 10.0. The van der Waals surface area contributed by atoms with Crippen LogP contribution in [0.2, 0.25) is 0 Å². The molecule has 86 valence electrons. The Labute approximate surface area is 88.3 Å². The van der Waals surface area contributed by atoms with Gasteiger partial charge in [0.2, 0.25) is 0 Å². The molecule has 0 aliphatic carbocycles. The van der Waals surface area contributed by atoms with Crippen LogP contribution in [0.5, 0.6) is 0 Å². The SMILES string of the molecule is CCC(O)CCCCCCCCCO. The van der Waals surface area contributed by atoms with Gasteiger partial charge in [0, 0.05) is 6.61 Å². The second-order valence-corrected chi connectivity index (χ2v) is 4.05. The maximum Gasteiger partial charge on any atom is 0.0537 e. The van der Waals surface area contributed by atoms with E-state index in [1.165, 1.54) is 25.7 Å². The van der Waals surface area contributed by atoms with Gasteiger partial charge in [0.1, 0.15) is 0 Å². The van der Waals surface area contributed by atoms with Gasteiger partial charge in [0.15, 0.2) is 0 Å². The average Bonchev–Trinajstić information content (AvgIpc) is 2.21. The Hall–Kier alpha value is -0.0800. The van der Waals surface area contributed by atoms with Gasteiger partial charge in [0.05, 0.1) is 6.10 Å². The highest BCUT2D eigenvalue weighted by Crippen LogP contribution is 2.10. The Balaban J connectivity index is 2.92. The van der Waals surface area contributed by atoms with Crippen molar-refractivity contribution >= 4 is 0 Å². The predicted molar refractivity (Wildman–Crippen MR) is 60.3 cm³/mol. The van der Waals surface area contributed by atoms with Crippen LogP contribution in [-0.2, 0) is 0 Å². The fourth-order valence-electron chi connectivity index (χ4n) is 1.58. The molecule has 1 unspecified atom stereocenters. The van der Waals surface area contributed by atoms with Crippen molar-refractivity contribution in [2.45, 2.75) is 70.8 Å². The van der Waals surface area contributed by atoms with E-state index >= 15 is 0 Å². The van der Waals surface area contributed by atoms with Crippen LogP contribution in [0.3, 0.4) is 0 Å². The molecule has 0 rings (SSSR count). The van der Waals surface area contributed by atoms with Crippen molar-refractivity contribution in [3.63, 3.8) is 0 Å². The fraction of sp³-hybridized carbons (Fsp3) is 1.00. The Bertz CT molecular complexity index is 104. The molecule has 0 aromatic heterocycles. The molecule has 0 bridgehead atoms. The van der Waals surface area contributed by atoms with E-state index in [0.29, 0.717) is 6.61 Å². The first kappa shape index (κ1) is 13.9. The highest BCUT2D eigenvalue weighted by atomic mass is 16.3. The lowest BCUT2D eigenvalue weighted by molar-refractivity contribution is 0.156. The van der Waals surface area contributed by atoms with Crippen molar-refractivity contribution in [1.82, 2.24) is 0 Å². The molecular formula is C12H26O2. The van der Waals surface area contributed by atoms with E-state index in [0.717, 1.165) is 32.1 Å². The molecule has 2 heteroatoms. The van der Waals surface area contributed by atoms with E-state index in [2.05, 4.69) is 0 Å². The smallest absolute Gasteiger partial charge is 0.0537 e. The van der Waals surface area contributed by atoms with Crippen LogP contribution >= 0.6 is 0 Å². The van der Waals surface area contributed by atoms with Crippen molar-refractivity contribution in [3.05, 3.63) is 0 Å². The summed E-state index contributed by atoms with van der Waals surface area (Å²) in [6.07, 6.45) is 10.1. The number of aliphatic hydroxyl groups is 2. The molecule has 0 aromatic rings. The van der Waals surface area contributed by atoms with Gasteiger partial charge in [-0.1, -0.05) is 45.4 Å². The number of rotatable bonds is 10. The summed E-state index contributed by atoms with van der Waals surface area (Å²) >= 11 is 0. The van der Waals surface area contributed by atoms with Crippen LogP contribution < -0.4 is 0 Å². The van der Waals surface area contributed by atoms with Gasteiger partial charge in [-0.15, -0.1) is 0 Å². The van der Waals surface area contributed by atoms with E-state index in [4.69, 9.17) is 5.11 Å². The van der Waals surface area contributed by atoms with Crippen LogP contribution in [0.4, 0.5) is 0 Å². The van der Waals surface area contributed by atoms with Crippen molar-refractivity contribution in [1.29, 1.82) is 0 Å². The topological polar surface area (TPSA) is 40.5 Å². The lowest BCUT2D eigenvalue weighted by Crippen LogP contribution is -2.03. The van der Waals surface area contributed by atoms with E-state index in [9.17, 15) is 5.11 Å². The highest BCUT2D eigenvalue weighted by Gasteiger charge is 1.99. The van der Waals surface area contributed by atoms with Crippen molar-refractivity contribution in [2.75, 3.05) is 6.61 Å². The van der Waals surface area contributed by atoms with Gasteiger partial charge in [-0.25, -0.2) is 0 Å². The monoisotopic (exact) mass is 202 g/mol. The molecule has 0 heterocycles. The molecule has 0 amide bonds.